The zero-order chi connectivity index (χ0) is 16.2. The zero-order valence-corrected chi connectivity index (χ0v) is 12.5. The Kier molecular flexibility index (Phi) is 4.67. The van der Waals surface area contributed by atoms with Crippen molar-refractivity contribution >= 4 is 11.4 Å². The third kappa shape index (κ3) is 3.56. The summed E-state index contributed by atoms with van der Waals surface area (Å²) >= 11 is 0. The monoisotopic (exact) mass is 302 g/mol. The van der Waals surface area contributed by atoms with Gasteiger partial charge in [-0.15, -0.1) is 0 Å². The molecule has 7 heteroatoms. The van der Waals surface area contributed by atoms with Gasteiger partial charge in [0.25, 0.3) is 5.69 Å². The number of nitrogens with two attached hydrogens (primary N) is 1. The molecule has 116 valence electrons. The topological polar surface area (TPSA) is 103 Å². The average Bonchev–Trinajstić information content (AvgIpc) is 2.46. The number of nitro groups is 1. The van der Waals surface area contributed by atoms with Crippen LogP contribution in [0.1, 0.15) is 13.8 Å². The molecule has 0 aromatic heterocycles. The van der Waals surface area contributed by atoms with Crippen molar-refractivity contribution in [1.82, 2.24) is 0 Å². The molecule has 1 aromatic carbocycles. The van der Waals surface area contributed by atoms with Crippen LogP contribution in [0.4, 0.5) is 11.4 Å². The summed E-state index contributed by atoms with van der Waals surface area (Å²) in [6.07, 6.45) is 5.41. The molecule has 0 heterocycles. The summed E-state index contributed by atoms with van der Waals surface area (Å²) in [5, 5.41) is 19.0. The van der Waals surface area contributed by atoms with Crippen LogP contribution in [0.15, 0.2) is 58.4 Å². The van der Waals surface area contributed by atoms with Crippen LogP contribution in [0.5, 0.6) is 0 Å². The van der Waals surface area contributed by atoms with E-state index in [0.717, 1.165) is 0 Å². The minimum absolute atomic E-state index is 0.0198. The highest BCUT2D eigenvalue weighted by Gasteiger charge is 2.34. The van der Waals surface area contributed by atoms with E-state index in [9.17, 15) is 10.1 Å². The second-order valence-electron chi connectivity index (χ2n) is 5.05. The Hall–Kier alpha value is -2.54. The maximum absolute atomic E-state index is 10.6. The standard InChI is InChI=1S/C15H18N4O3/c1-3-22-15(2)10-11(16)4-9-14(15)18-17-12-5-7-13(8-6-12)19(20)21/h4-10,14H,3,16H2,1-2H3/b18-17+. The first-order chi connectivity index (χ1) is 10.4. The first kappa shape index (κ1) is 15.8. The summed E-state index contributed by atoms with van der Waals surface area (Å²) < 4.78 is 5.74. The highest BCUT2D eigenvalue weighted by atomic mass is 16.6. The molecule has 1 aliphatic rings. The number of nitro benzene ring substituents is 1. The summed E-state index contributed by atoms with van der Waals surface area (Å²) in [6.45, 7) is 4.32. The van der Waals surface area contributed by atoms with Crippen molar-refractivity contribution in [3.63, 3.8) is 0 Å². The van der Waals surface area contributed by atoms with Crippen LogP contribution in [0, 0.1) is 10.1 Å². The maximum atomic E-state index is 10.6. The molecule has 0 fully saturated rings. The number of nitrogens with zero attached hydrogens (tertiary/aromatic N) is 3. The number of ether oxygens (including phenoxy) is 1. The smallest absolute Gasteiger partial charge is 0.269 e. The van der Waals surface area contributed by atoms with Gasteiger partial charge in [-0.05, 0) is 38.1 Å². The van der Waals surface area contributed by atoms with E-state index in [1.807, 2.05) is 26.0 Å². The summed E-state index contributed by atoms with van der Waals surface area (Å²) in [6, 6.07) is 5.58. The maximum Gasteiger partial charge on any atom is 0.269 e. The van der Waals surface area contributed by atoms with Gasteiger partial charge in [0.05, 0.1) is 10.6 Å². The Balaban J connectivity index is 2.17. The van der Waals surface area contributed by atoms with Crippen LogP contribution in [0.25, 0.3) is 0 Å². The van der Waals surface area contributed by atoms with Crippen molar-refractivity contribution in [3.05, 3.63) is 58.3 Å². The summed E-state index contributed by atoms with van der Waals surface area (Å²) in [5.41, 5.74) is 6.34. The average molecular weight is 302 g/mol. The number of non-ortho nitro benzene ring substituents is 1. The van der Waals surface area contributed by atoms with Gasteiger partial charge in [0.2, 0.25) is 0 Å². The van der Waals surface area contributed by atoms with Crippen molar-refractivity contribution in [2.75, 3.05) is 6.61 Å². The normalized spacial score (nSPS) is 24.5. The molecular weight excluding hydrogens is 284 g/mol. The van der Waals surface area contributed by atoms with Crippen LogP contribution in [-0.4, -0.2) is 23.2 Å². The predicted molar refractivity (Wildman–Crippen MR) is 82.8 cm³/mol. The first-order valence-corrected chi connectivity index (χ1v) is 6.90. The Morgan fingerprint density at radius 3 is 2.68 bits per heavy atom. The van der Waals surface area contributed by atoms with Crippen molar-refractivity contribution in [2.45, 2.75) is 25.5 Å². The molecule has 7 nitrogen and oxygen atoms in total. The molecule has 1 aliphatic carbocycles. The molecule has 0 saturated heterocycles. The van der Waals surface area contributed by atoms with E-state index in [2.05, 4.69) is 10.2 Å². The van der Waals surface area contributed by atoms with E-state index in [-0.39, 0.29) is 11.7 Å². The molecule has 0 aliphatic heterocycles. The van der Waals surface area contributed by atoms with Gasteiger partial charge in [-0.25, -0.2) is 0 Å². The molecule has 0 saturated carbocycles. The third-order valence-electron chi connectivity index (χ3n) is 3.32. The number of hydrogen-bond donors (Lipinski definition) is 1. The lowest BCUT2D eigenvalue weighted by Crippen LogP contribution is -2.40. The molecular formula is C15H18N4O3. The first-order valence-electron chi connectivity index (χ1n) is 6.90. The van der Waals surface area contributed by atoms with Gasteiger partial charge in [0, 0.05) is 24.4 Å². The lowest BCUT2D eigenvalue weighted by molar-refractivity contribution is -0.384. The Morgan fingerprint density at radius 2 is 2.09 bits per heavy atom. The number of azo groups is 1. The number of rotatable bonds is 5. The molecule has 0 spiro atoms. The lowest BCUT2D eigenvalue weighted by atomic mass is 9.91. The largest absolute Gasteiger partial charge is 0.399 e. The van der Waals surface area contributed by atoms with Crippen LogP contribution < -0.4 is 5.73 Å². The van der Waals surface area contributed by atoms with Crippen molar-refractivity contribution < 1.29 is 9.66 Å². The minimum Gasteiger partial charge on any atom is -0.399 e. The molecule has 0 radical (unpaired) electrons. The van der Waals surface area contributed by atoms with Gasteiger partial charge in [-0.3, -0.25) is 10.1 Å². The van der Waals surface area contributed by atoms with Crippen molar-refractivity contribution in [3.8, 4) is 0 Å². The highest BCUT2D eigenvalue weighted by Crippen LogP contribution is 2.28. The van der Waals surface area contributed by atoms with Gasteiger partial charge in [0.15, 0.2) is 0 Å². The zero-order valence-electron chi connectivity index (χ0n) is 12.5. The quantitative estimate of drug-likeness (QED) is 0.512. The van der Waals surface area contributed by atoms with E-state index in [0.29, 0.717) is 18.0 Å². The van der Waals surface area contributed by atoms with Crippen LogP contribution in [-0.2, 0) is 4.74 Å². The molecule has 2 atom stereocenters. The second kappa shape index (κ2) is 6.48. The van der Waals surface area contributed by atoms with Crippen LogP contribution in [0.3, 0.4) is 0 Å². The lowest BCUT2D eigenvalue weighted by Gasteiger charge is -2.32. The van der Waals surface area contributed by atoms with E-state index in [1.165, 1.54) is 12.1 Å². The number of hydrogen-bond acceptors (Lipinski definition) is 6. The minimum atomic E-state index is -0.655. The Bertz CT molecular complexity index is 637. The van der Waals surface area contributed by atoms with E-state index < -0.39 is 10.5 Å². The molecule has 2 rings (SSSR count). The van der Waals surface area contributed by atoms with Crippen molar-refractivity contribution in [1.29, 1.82) is 0 Å². The molecule has 0 amide bonds. The molecule has 2 unspecified atom stereocenters. The summed E-state index contributed by atoms with van der Waals surface area (Å²) in [7, 11) is 0. The Morgan fingerprint density at radius 1 is 1.41 bits per heavy atom. The fourth-order valence-electron chi connectivity index (χ4n) is 2.22. The fourth-order valence-corrected chi connectivity index (χ4v) is 2.22. The summed E-state index contributed by atoms with van der Waals surface area (Å²) in [5.74, 6) is 0. The van der Waals surface area contributed by atoms with Gasteiger partial charge in [-0.2, -0.15) is 10.2 Å². The predicted octanol–water partition coefficient (Wildman–Crippen LogP) is 3.25. The Labute approximate surface area is 128 Å². The van der Waals surface area contributed by atoms with Crippen LogP contribution >= 0.6 is 0 Å². The highest BCUT2D eigenvalue weighted by molar-refractivity contribution is 5.43. The number of benzene rings is 1. The molecule has 1 aromatic rings. The fraction of sp³-hybridized carbons (Fsp3) is 0.333. The van der Waals surface area contributed by atoms with E-state index >= 15 is 0 Å². The second-order valence-corrected chi connectivity index (χ2v) is 5.05. The molecule has 2 N–H and O–H groups in total. The van der Waals surface area contributed by atoms with E-state index in [4.69, 9.17) is 10.5 Å². The SMILES string of the molecule is CCOC1(C)C=C(N)C=CC1/N=N/c1ccc([N+](=O)[O-])cc1. The van der Waals surface area contributed by atoms with Gasteiger partial charge < -0.3 is 10.5 Å². The van der Waals surface area contributed by atoms with Gasteiger partial charge in [-0.1, -0.05) is 6.08 Å². The molecule has 22 heavy (non-hydrogen) atoms. The van der Waals surface area contributed by atoms with Crippen LogP contribution in [0.2, 0.25) is 0 Å². The number of allylic oxidation sites excluding steroid dienone is 1. The van der Waals surface area contributed by atoms with Gasteiger partial charge >= 0.3 is 0 Å². The van der Waals surface area contributed by atoms with E-state index in [1.54, 1.807) is 18.2 Å². The van der Waals surface area contributed by atoms with Crippen molar-refractivity contribution in [2.24, 2.45) is 16.0 Å². The van der Waals surface area contributed by atoms with Gasteiger partial charge in [0.1, 0.15) is 11.6 Å². The summed E-state index contributed by atoms with van der Waals surface area (Å²) in [4.78, 5) is 10.2. The third-order valence-corrected chi connectivity index (χ3v) is 3.32. The molecule has 0 bridgehead atoms.